The van der Waals surface area contributed by atoms with E-state index in [1.807, 2.05) is 0 Å². The molecule has 0 bridgehead atoms. The SMILES string of the molecule is CC(O)C(O)COC(F)C(F)(F)C(F)C(F)C(F)F. The quantitative estimate of drug-likeness (QED) is 0.670. The molecule has 5 unspecified atom stereocenters. The van der Waals surface area contributed by atoms with Crippen molar-refractivity contribution in [2.45, 2.75) is 50.2 Å². The molecule has 10 heteroatoms. The van der Waals surface area contributed by atoms with Gasteiger partial charge in [0, 0.05) is 0 Å². The molecule has 2 N–H and O–H groups in total. The number of hydrogen-bond donors (Lipinski definition) is 2. The van der Waals surface area contributed by atoms with E-state index in [0.717, 1.165) is 6.92 Å². The van der Waals surface area contributed by atoms with Crippen LogP contribution in [0.4, 0.5) is 30.7 Å². The summed E-state index contributed by atoms with van der Waals surface area (Å²) in [7, 11) is 0. The zero-order valence-electron chi connectivity index (χ0n) is 9.62. The van der Waals surface area contributed by atoms with Crippen LogP contribution in [0.1, 0.15) is 6.92 Å². The van der Waals surface area contributed by atoms with Crippen molar-refractivity contribution in [3.8, 4) is 0 Å². The predicted octanol–water partition coefficient (Wildman–Crippen LogP) is 1.62. The van der Waals surface area contributed by atoms with Crippen molar-refractivity contribution < 1.29 is 45.7 Å². The molecule has 0 aliphatic rings. The first-order valence-electron chi connectivity index (χ1n) is 5.07. The Hall–Kier alpha value is -0.610. The molecule has 0 heterocycles. The molecule has 0 aromatic rings. The zero-order chi connectivity index (χ0) is 15.4. The molecule has 0 amide bonds. The van der Waals surface area contributed by atoms with Crippen LogP contribution in [0.25, 0.3) is 0 Å². The molecule has 0 rings (SSSR count). The number of halogens is 7. The summed E-state index contributed by atoms with van der Waals surface area (Å²) < 4.78 is 90.8. The molecule has 0 radical (unpaired) electrons. The maximum atomic E-state index is 12.9. The first-order valence-corrected chi connectivity index (χ1v) is 5.07. The van der Waals surface area contributed by atoms with Crippen LogP contribution in [0.15, 0.2) is 0 Å². The van der Waals surface area contributed by atoms with E-state index in [4.69, 9.17) is 10.2 Å². The minimum absolute atomic E-state index is 1.03. The fraction of sp³-hybridized carbons (Fsp3) is 1.00. The largest absolute Gasteiger partial charge is 0.391 e. The van der Waals surface area contributed by atoms with Crippen molar-refractivity contribution >= 4 is 0 Å². The van der Waals surface area contributed by atoms with Gasteiger partial charge in [-0.3, -0.25) is 0 Å². The second-order valence-electron chi connectivity index (χ2n) is 3.81. The highest BCUT2D eigenvalue weighted by Crippen LogP contribution is 2.33. The number of ether oxygens (including phenoxy) is 1. The molecule has 0 saturated heterocycles. The van der Waals surface area contributed by atoms with Crippen molar-refractivity contribution in [3.05, 3.63) is 0 Å². The molecule has 0 spiro atoms. The minimum Gasteiger partial charge on any atom is -0.391 e. The molecule has 0 saturated carbocycles. The first kappa shape index (κ1) is 18.4. The highest BCUT2D eigenvalue weighted by atomic mass is 19.3. The van der Waals surface area contributed by atoms with E-state index in [0.29, 0.717) is 0 Å². The van der Waals surface area contributed by atoms with Crippen molar-refractivity contribution in [2.24, 2.45) is 0 Å². The summed E-state index contributed by atoms with van der Waals surface area (Å²) in [5.74, 6) is -5.16. The van der Waals surface area contributed by atoms with Crippen LogP contribution >= 0.6 is 0 Å². The van der Waals surface area contributed by atoms with Gasteiger partial charge in [-0.15, -0.1) is 0 Å². The van der Waals surface area contributed by atoms with E-state index >= 15 is 0 Å². The van der Waals surface area contributed by atoms with Gasteiger partial charge in [0.1, 0.15) is 6.10 Å². The molecule has 5 atom stereocenters. The van der Waals surface area contributed by atoms with Crippen LogP contribution in [0.5, 0.6) is 0 Å². The summed E-state index contributed by atoms with van der Waals surface area (Å²) >= 11 is 0. The topological polar surface area (TPSA) is 49.7 Å². The average Bonchev–Trinajstić information content (AvgIpc) is 2.32. The van der Waals surface area contributed by atoms with Gasteiger partial charge in [-0.2, -0.15) is 8.78 Å². The first-order chi connectivity index (χ1) is 8.51. The maximum absolute atomic E-state index is 12.9. The Morgan fingerprint density at radius 3 is 1.89 bits per heavy atom. The average molecular weight is 302 g/mol. The summed E-state index contributed by atoms with van der Waals surface area (Å²) in [5, 5.41) is 17.6. The van der Waals surface area contributed by atoms with E-state index < -0.39 is 49.9 Å². The van der Waals surface area contributed by atoms with Crippen LogP contribution in [0.2, 0.25) is 0 Å². The Bertz CT molecular complexity index is 264. The molecule has 0 aliphatic carbocycles. The Labute approximate surface area is 104 Å². The van der Waals surface area contributed by atoms with Gasteiger partial charge in [0.05, 0.1) is 12.7 Å². The maximum Gasteiger partial charge on any atom is 0.336 e. The van der Waals surface area contributed by atoms with Crippen LogP contribution in [0, 0.1) is 0 Å². The van der Waals surface area contributed by atoms with E-state index in [1.165, 1.54) is 0 Å². The highest BCUT2D eigenvalue weighted by molar-refractivity contribution is 4.87. The smallest absolute Gasteiger partial charge is 0.336 e. The highest BCUT2D eigenvalue weighted by Gasteiger charge is 2.55. The molecule has 0 aromatic carbocycles. The van der Waals surface area contributed by atoms with Gasteiger partial charge >= 0.3 is 5.92 Å². The van der Waals surface area contributed by atoms with Gasteiger partial charge < -0.3 is 14.9 Å². The molecule has 116 valence electrons. The van der Waals surface area contributed by atoms with E-state index in [2.05, 4.69) is 4.74 Å². The van der Waals surface area contributed by atoms with Gasteiger partial charge in [0.2, 0.25) is 6.17 Å². The van der Waals surface area contributed by atoms with Gasteiger partial charge in [0.25, 0.3) is 12.8 Å². The number of hydrogen-bond acceptors (Lipinski definition) is 3. The third-order valence-electron chi connectivity index (χ3n) is 2.16. The van der Waals surface area contributed by atoms with E-state index in [9.17, 15) is 30.7 Å². The third kappa shape index (κ3) is 5.11. The van der Waals surface area contributed by atoms with Crippen molar-refractivity contribution in [2.75, 3.05) is 6.61 Å². The molecular formula is C9H13F7O3. The van der Waals surface area contributed by atoms with E-state index in [1.54, 1.807) is 0 Å². The standard InChI is InChI=1S/C9H13F7O3/c1-3(17)4(18)2-19-8(14)9(15,16)6(11)5(10)7(12)13/h3-8,17-18H,2H2,1H3. The Morgan fingerprint density at radius 1 is 1.05 bits per heavy atom. The van der Waals surface area contributed by atoms with Crippen molar-refractivity contribution in [1.82, 2.24) is 0 Å². The summed E-state index contributed by atoms with van der Waals surface area (Å²) in [6.45, 7) is -0.113. The molecule has 3 nitrogen and oxygen atoms in total. The second-order valence-corrected chi connectivity index (χ2v) is 3.81. The van der Waals surface area contributed by atoms with Crippen molar-refractivity contribution in [3.63, 3.8) is 0 Å². The van der Waals surface area contributed by atoms with E-state index in [-0.39, 0.29) is 0 Å². The predicted molar refractivity (Wildman–Crippen MR) is 49.3 cm³/mol. The third-order valence-corrected chi connectivity index (χ3v) is 2.16. The fourth-order valence-corrected chi connectivity index (χ4v) is 0.899. The second kappa shape index (κ2) is 7.25. The minimum atomic E-state index is -5.16. The molecule has 19 heavy (non-hydrogen) atoms. The molecule has 0 fully saturated rings. The lowest BCUT2D eigenvalue weighted by Crippen LogP contribution is -2.48. The van der Waals surface area contributed by atoms with Crippen LogP contribution < -0.4 is 0 Å². The Balaban J connectivity index is 4.54. The number of rotatable bonds is 8. The van der Waals surface area contributed by atoms with Crippen LogP contribution in [-0.2, 0) is 4.74 Å². The number of aliphatic hydroxyl groups excluding tert-OH is 2. The van der Waals surface area contributed by atoms with Gasteiger partial charge in [-0.05, 0) is 6.92 Å². The molecule has 0 aromatic heterocycles. The monoisotopic (exact) mass is 302 g/mol. The normalized spacial score (nSPS) is 21.0. The molecular weight excluding hydrogens is 289 g/mol. The van der Waals surface area contributed by atoms with Gasteiger partial charge in [-0.1, -0.05) is 0 Å². The Kier molecular flexibility index (Phi) is 7.01. The Morgan fingerprint density at radius 2 is 1.53 bits per heavy atom. The number of alkyl halides is 7. The number of aliphatic hydroxyl groups is 2. The van der Waals surface area contributed by atoms with Gasteiger partial charge in [-0.25, -0.2) is 22.0 Å². The summed E-state index contributed by atoms with van der Waals surface area (Å²) in [4.78, 5) is 0. The molecule has 0 aliphatic heterocycles. The van der Waals surface area contributed by atoms with Crippen molar-refractivity contribution in [1.29, 1.82) is 0 Å². The lowest BCUT2D eigenvalue weighted by atomic mass is 10.1. The summed E-state index contributed by atoms with van der Waals surface area (Å²) in [6, 6.07) is 0. The lowest BCUT2D eigenvalue weighted by Gasteiger charge is -2.26. The summed E-state index contributed by atoms with van der Waals surface area (Å²) in [6.07, 6.45) is -19.0. The lowest BCUT2D eigenvalue weighted by molar-refractivity contribution is -0.247. The van der Waals surface area contributed by atoms with Crippen LogP contribution in [-0.4, -0.2) is 60.1 Å². The zero-order valence-corrected chi connectivity index (χ0v) is 9.62. The van der Waals surface area contributed by atoms with Gasteiger partial charge in [0.15, 0.2) is 6.17 Å². The fourth-order valence-electron chi connectivity index (χ4n) is 0.899. The van der Waals surface area contributed by atoms with Crippen LogP contribution in [0.3, 0.4) is 0 Å². The summed E-state index contributed by atoms with van der Waals surface area (Å²) in [5.41, 5.74) is 0.